The molecule has 0 bridgehead atoms. The summed E-state index contributed by atoms with van der Waals surface area (Å²) in [6.07, 6.45) is 2.42. The van der Waals surface area contributed by atoms with Crippen LogP contribution in [0.5, 0.6) is 0 Å². The van der Waals surface area contributed by atoms with E-state index in [0.717, 1.165) is 6.54 Å². The lowest BCUT2D eigenvalue weighted by Crippen LogP contribution is -2.58. The molecule has 16 heavy (non-hydrogen) atoms. The topological polar surface area (TPSA) is 52.6 Å². The molecule has 0 saturated carbocycles. The lowest BCUT2D eigenvalue weighted by Gasteiger charge is -2.40. The van der Waals surface area contributed by atoms with E-state index >= 15 is 0 Å². The molecule has 0 aromatic carbocycles. The molecule has 4 heteroatoms. The van der Waals surface area contributed by atoms with E-state index in [1.54, 1.807) is 14.0 Å². The number of carbonyl (C=O) groups is 1. The Morgan fingerprint density at radius 2 is 2.12 bits per heavy atom. The van der Waals surface area contributed by atoms with Crippen LogP contribution < -0.4 is 5.32 Å². The summed E-state index contributed by atoms with van der Waals surface area (Å²) in [4.78, 5) is 13.5. The van der Waals surface area contributed by atoms with Crippen molar-refractivity contribution < 1.29 is 9.90 Å². The molecule has 1 rings (SSSR count). The predicted molar refractivity (Wildman–Crippen MR) is 64.5 cm³/mol. The lowest BCUT2D eigenvalue weighted by atomic mass is 9.92. The number of likely N-dealkylation sites (tertiary alicyclic amines) is 1. The molecule has 1 saturated heterocycles. The van der Waals surface area contributed by atoms with Gasteiger partial charge < -0.3 is 10.4 Å². The van der Waals surface area contributed by atoms with Gasteiger partial charge in [-0.3, -0.25) is 9.69 Å². The van der Waals surface area contributed by atoms with E-state index < -0.39 is 11.5 Å². The summed E-state index contributed by atoms with van der Waals surface area (Å²) in [5.74, 6) is -0.105. The van der Waals surface area contributed by atoms with Crippen molar-refractivity contribution in [3.05, 3.63) is 0 Å². The number of nitrogens with zero attached hydrogens (tertiary/aromatic N) is 1. The third-order valence-electron chi connectivity index (χ3n) is 3.79. The monoisotopic (exact) mass is 228 g/mol. The Labute approximate surface area is 98.0 Å². The first kappa shape index (κ1) is 13.5. The fourth-order valence-corrected chi connectivity index (χ4v) is 2.26. The van der Waals surface area contributed by atoms with Crippen molar-refractivity contribution in [1.29, 1.82) is 0 Å². The van der Waals surface area contributed by atoms with Crippen molar-refractivity contribution >= 4 is 5.97 Å². The molecule has 4 nitrogen and oxygen atoms in total. The Morgan fingerprint density at radius 1 is 1.50 bits per heavy atom. The van der Waals surface area contributed by atoms with Gasteiger partial charge in [0.05, 0.1) is 0 Å². The zero-order valence-corrected chi connectivity index (χ0v) is 10.8. The van der Waals surface area contributed by atoms with Crippen molar-refractivity contribution in [2.45, 2.75) is 45.2 Å². The van der Waals surface area contributed by atoms with Gasteiger partial charge in [0.25, 0.3) is 0 Å². The third-order valence-corrected chi connectivity index (χ3v) is 3.79. The fraction of sp³-hybridized carbons (Fsp3) is 0.917. The molecule has 1 aliphatic heterocycles. The van der Waals surface area contributed by atoms with Crippen LogP contribution in [-0.2, 0) is 4.79 Å². The molecular formula is C12H24N2O2. The Kier molecular flexibility index (Phi) is 4.33. The number of nitrogens with one attached hydrogen (secondary N) is 1. The lowest BCUT2D eigenvalue weighted by molar-refractivity contribution is -0.145. The van der Waals surface area contributed by atoms with Gasteiger partial charge in [0.1, 0.15) is 5.54 Å². The van der Waals surface area contributed by atoms with Crippen LogP contribution in [-0.4, -0.2) is 47.7 Å². The minimum absolute atomic E-state index is 0.489. The average Bonchev–Trinajstić information content (AvgIpc) is 2.23. The van der Waals surface area contributed by atoms with Crippen LogP contribution in [0.4, 0.5) is 0 Å². The highest BCUT2D eigenvalue weighted by Gasteiger charge is 2.36. The molecule has 0 aliphatic carbocycles. The highest BCUT2D eigenvalue weighted by atomic mass is 16.4. The van der Waals surface area contributed by atoms with Gasteiger partial charge in [-0.1, -0.05) is 6.92 Å². The number of carboxylic acid groups (broad SMARTS) is 1. The zero-order valence-electron chi connectivity index (χ0n) is 10.8. The summed E-state index contributed by atoms with van der Waals surface area (Å²) < 4.78 is 0. The Balaban J connectivity index is 2.66. The van der Waals surface area contributed by atoms with E-state index in [4.69, 9.17) is 0 Å². The maximum absolute atomic E-state index is 11.2. The molecule has 0 amide bonds. The average molecular weight is 228 g/mol. The quantitative estimate of drug-likeness (QED) is 0.758. The van der Waals surface area contributed by atoms with E-state index in [0.29, 0.717) is 18.5 Å². The summed E-state index contributed by atoms with van der Waals surface area (Å²) in [6.45, 7) is 7.75. The van der Waals surface area contributed by atoms with Gasteiger partial charge in [-0.15, -0.1) is 0 Å². The Hall–Kier alpha value is -0.610. The zero-order chi connectivity index (χ0) is 12.3. The smallest absolute Gasteiger partial charge is 0.324 e. The highest BCUT2D eigenvalue weighted by Crippen LogP contribution is 2.23. The first-order valence-corrected chi connectivity index (χ1v) is 6.05. The highest BCUT2D eigenvalue weighted by molar-refractivity contribution is 5.78. The fourth-order valence-electron chi connectivity index (χ4n) is 2.26. The molecule has 94 valence electrons. The van der Waals surface area contributed by atoms with Crippen molar-refractivity contribution in [2.24, 2.45) is 5.92 Å². The van der Waals surface area contributed by atoms with Crippen LogP contribution in [0.3, 0.4) is 0 Å². The van der Waals surface area contributed by atoms with Crippen LogP contribution in [0.15, 0.2) is 0 Å². The minimum Gasteiger partial charge on any atom is -0.480 e. The minimum atomic E-state index is -0.842. The molecule has 0 aromatic rings. The van der Waals surface area contributed by atoms with E-state index in [-0.39, 0.29) is 0 Å². The van der Waals surface area contributed by atoms with Crippen molar-refractivity contribution in [3.8, 4) is 0 Å². The largest absolute Gasteiger partial charge is 0.480 e. The number of carboxylic acids is 1. The molecule has 1 fully saturated rings. The van der Waals surface area contributed by atoms with Crippen LogP contribution in [0, 0.1) is 5.92 Å². The molecule has 3 unspecified atom stereocenters. The van der Waals surface area contributed by atoms with Gasteiger partial charge in [0.2, 0.25) is 0 Å². The van der Waals surface area contributed by atoms with Crippen LogP contribution in [0.25, 0.3) is 0 Å². The van der Waals surface area contributed by atoms with E-state index in [1.165, 1.54) is 12.8 Å². The third kappa shape index (κ3) is 2.95. The van der Waals surface area contributed by atoms with Crippen LogP contribution in [0.2, 0.25) is 0 Å². The number of rotatable bonds is 4. The molecule has 1 aliphatic rings. The Morgan fingerprint density at radius 3 is 2.62 bits per heavy atom. The summed E-state index contributed by atoms with van der Waals surface area (Å²) >= 11 is 0. The van der Waals surface area contributed by atoms with Crippen LogP contribution >= 0.6 is 0 Å². The first-order valence-electron chi connectivity index (χ1n) is 6.05. The van der Waals surface area contributed by atoms with E-state index in [1.807, 2.05) is 0 Å². The maximum Gasteiger partial charge on any atom is 0.324 e. The second-order valence-electron chi connectivity index (χ2n) is 5.35. The number of aliphatic carboxylic acids is 1. The van der Waals surface area contributed by atoms with Crippen molar-refractivity contribution in [2.75, 3.05) is 20.1 Å². The normalized spacial score (nSPS) is 31.0. The number of hydrogen-bond donors (Lipinski definition) is 2. The van der Waals surface area contributed by atoms with Crippen molar-refractivity contribution in [1.82, 2.24) is 10.2 Å². The van der Waals surface area contributed by atoms with Gasteiger partial charge in [0.15, 0.2) is 0 Å². The summed E-state index contributed by atoms with van der Waals surface area (Å²) in [5, 5.41) is 12.1. The van der Waals surface area contributed by atoms with Crippen molar-refractivity contribution in [3.63, 3.8) is 0 Å². The molecule has 0 radical (unpaired) electrons. The number of hydrogen-bond acceptors (Lipinski definition) is 3. The SMILES string of the molecule is CNC(C)(CN1CC(C)CCC1C)C(=O)O. The van der Waals surface area contributed by atoms with Gasteiger partial charge in [-0.05, 0) is 39.7 Å². The van der Waals surface area contributed by atoms with E-state index in [2.05, 4.69) is 24.1 Å². The van der Waals surface area contributed by atoms with E-state index in [9.17, 15) is 9.90 Å². The molecule has 0 aromatic heterocycles. The second-order valence-corrected chi connectivity index (χ2v) is 5.35. The maximum atomic E-state index is 11.2. The number of piperidine rings is 1. The number of likely N-dealkylation sites (N-methyl/N-ethyl adjacent to an activating group) is 1. The summed E-state index contributed by atoms with van der Waals surface area (Å²) in [7, 11) is 1.71. The molecule has 3 atom stereocenters. The van der Waals surface area contributed by atoms with Crippen LogP contribution in [0.1, 0.15) is 33.6 Å². The Bertz CT molecular complexity index is 257. The van der Waals surface area contributed by atoms with Gasteiger partial charge in [-0.2, -0.15) is 0 Å². The second kappa shape index (κ2) is 5.15. The first-order chi connectivity index (χ1) is 7.39. The molecule has 1 heterocycles. The van der Waals surface area contributed by atoms with Gasteiger partial charge in [-0.25, -0.2) is 0 Å². The molecular weight excluding hydrogens is 204 g/mol. The molecule has 2 N–H and O–H groups in total. The predicted octanol–water partition coefficient (Wildman–Crippen LogP) is 1.17. The van der Waals surface area contributed by atoms with Gasteiger partial charge >= 0.3 is 5.97 Å². The van der Waals surface area contributed by atoms with Gasteiger partial charge in [0, 0.05) is 19.1 Å². The standard InChI is InChI=1S/C12H24N2O2/c1-9-5-6-10(2)14(7-9)8-12(3,13-4)11(15)16/h9-10,13H,5-8H2,1-4H3,(H,15,16). The summed E-state index contributed by atoms with van der Waals surface area (Å²) in [5.41, 5.74) is -0.842. The molecule has 0 spiro atoms. The summed E-state index contributed by atoms with van der Waals surface area (Å²) in [6, 6.07) is 0.489.